The quantitative estimate of drug-likeness (QED) is 0.752. The number of allylic oxidation sites excluding steroid dienone is 1. The van der Waals surface area contributed by atoms with E-state index in [1.807, 2.05) is 19.9 Å². The van der Waals surface area contributed by atoms with E-state index in [1.165, 1.54) is 11.6 Å². The number of anilines is 1. The predicted molar refractivity (Wildman–Crippen MR) is 59.3 cm³/mol. The van der Waals surface area contributed by atoms with Gasteiger partial charge in [0.05, 0.1) is 10.7 Å². The van der Waals surface area contributed by atoms with Gasteiger partial charge in [-0.05, 0) is 26.0 Å². The van der Waals surface area contributed by atoms with E-state index in [-0.39, 0.29) is 5.02 Å². The van der Waals surface area contributed by atoms with Crippen LogP contribution in [0, 0.1) is 5.82 Å². The molecular formula is C11H13ClFN. The average molecular weight is 214 g/mol. The molecule has 0 spiro atoms. The third-order valence-corrected chi connectivity index (χ3v) is 2.14. The van der Waals surface area contributed by atoms with Crippen molar-refractivity contribution in [3.8, 4) is 0 Å². The number of hydrogen-bond acceptors (Lipinski definition) is 1. The van der Waals surface area contributed by atoms with Crippen LogP contribution in [0.5, 0.6) is 0 Å². The molecule has 1 rings (SSSR count). The normalized spacial score (nSPS) is 9.71. The molecule has 76 valence electrons. The highest BCUT2D eigenvalue weighted by atomic mass is 35.5. The lowest BCUT2D eigenvalue weighted by Gasteiger charge is -2.06. The van der Waals surface area contributed by atoms with E-state index in [2.05, 4.69) is 5.32 Å². The van der Waals surface area contributed by atoms with E-state index >= 15 is 0 Å². The summed E-state index contributed by atoms with van der Waals surface area (Å²) < 4.78 is 13.0. The summed E-state index contributed by atoms with van der Waals surface area (Å²) in [5, 5.41) is 3.18. The van der Waals surface area contributed by atoms with Gasteiger partial charge in [0.25, 0.3) is 0 Å². The third-order valence-electron chi connectivity index (χ3n) is 1.75. The topological polar surface area (TPSA) is 12.0 Å². The van der Waals surface area contributed by atoms with Crippen LogP contribution in [0.3, 0.4) is 0 Å². The molecule has 0 heterocycles. The Morgan fingerprint density at radius 3 is 2.86 bits per heavy atom. The van der Waals surface area contributed by atoms with Crippen molar-refractivity contribution in [2.75, 3.05) is 11.9 Å². The number of benzene rings is 1. The Kier molecular flexibility index (Phi) is 3.96. The highest BCUT2D eigenvalue weighted by molar-refractivity contribution is 6.33. The van der Waals surface area contributed by atoms with Gasteiger partial charge in [0, 0.05) is 6.54 Å². The Balaban J connectivity index is 2.68. The van der Waals surface area contributed by atoms with Crippen molar-refractivity contribution in [3.63, 3.8) is 0 Å². The number of hydrogen-bond donors (Lipinski definition) is 1. The molecule has 0 unspecified atom stereocenters. The monoisotopic (exact) mass is 213 g/mol. The summed E-state index contributed by atoms with van der Waals surface area (Å²) in [5.41, 5.74) is 1.84. The molecule has 14 heavy (non-hydrogen) atoms. The highest BCUT2D eigenvalue weighted by Gasteiger charge is 2.03. The van der Waals surface area contributed by atoms with E-state index in [4.69, 9.17) is 11.6 Å². The summed E-state index contributed by atoms with van der Waals surface area (Å²) in [5.74, 6) is -0.395. The second-order valence-electron chi connectivity index (χ2n) is 3.26. The van der Waals surface area contributed by atoms with Gasteiger partial charge in [0.2, 0.25) is 0 Å². The van der Waals surface area contributed by atoms with Crippen LogP contribution in [0.15, 0.2) is 29.8 Å². The minimum Gasteiger partial charge on any atom is -0.380 e. The van der Waals surface area contributed by atoms with Gasteiger partial charge < -0.3 is 5.32 Å². The summed E-state index contributed by atoms with van der Waals surface area (Å²) in [6.07, 6.45) is 2.02. The van der Waals surface area contributed by atoms with E-state index in [0.29, 0.717) is 12.2 Å². The molecule has 0 saturated carbocycles. The second kappa shape index (κ2) is 5.01. The summed E-state index contributed by atoms with van der Waals surface area (Å²) in [4.78, 5) is 0. The zero-order valence-electron chi connectivity index (χ0n) is 8.27. The number of nitrogens with one attached hydrogen (secondary N) is 1. The largest absolute Gasteiger partial charge is 0.380 e. The first-order valence-electron chi connectivity index (χ1n) is 4.42. The first-order chi connectivity index (χ1) is 6.61. The van der Waals surface area contributed by atoms with Crippen LogP contribution in [0.4, 0.5) is 10.1 Å². The Hall–Kier alpha value is -1.02. The maximum Gasteiger partial charge on any atom is 0.143 e. The molecule has 0 radical (unpaired) electrons. The fourth-order valence-corrected chi connectivity index (χ4v) is 1.20. The first kappa shape index (κ1) is 11.1. The van der Waals surface area contributed by atoms with Crippen LogP contribution in [-0.4, -0.2) is 6.54 Å². The van der Waals surface area contributed by atoms with Gasteiger partial charge in [-0.25, -0.2) is 4.39 Å². The van der Waals surface area contributed by atoms with Gasteiger partial charge in [-0.15, -0.1) is 0 Å². The molecule has 1 nitrogen and oxygen atoms in total. The fraction of sp³-hybridized carbons (Fsp3) is 0.273. The Labute approximate surface area is 88.6 Å². The zero-order chi connectivity index (χ0) is 10.6. The van der Waals surface area contributed by atoms with E-state index in [0.717, 1.165) is 0 Å². The second-order valence-corrected chi connectivity index (χ2v) is 3.64. The van der Waals surface area contributed by atoms with Crippen LogP contribution in [-0.2, 0) is 0 Å². The zero-order valence-corrected chi connectivity index (χ0v) is 9.03. The predicted octanol–water partition coefficient (Wildman–Crippen LogP) is 3.86. The standard InChI is InChI=1S/C11H13ClFN/c1-8(2)6-7-14-10-5-3-4-9(13)11(10)12/h3-6,14H,7H2,1-2H3. The number of halogens is 2. The lowest BCUT2D eigenvalue weighted by molar-refractivity contribution is 0.629. The molecule has 0 aliphatic heterocycles. The van der Waals surface area contributed by atoms with Gasteiger partial charge in [-0.1, -0.05) is 29.3 Å². The van der Waals surface area contributed by atoms with E-state index < -0.39 is 5.82 Å². The minimum absolute atomic E-state index is 0.148. The maximum absolute atomic E-state index is 13.0. The summed E-state index contributed by atoms with van der Waals surface area (Å²) in [6, 6.07) is 4.73. The fourth-order valence-electron chi connectivity index (χ4n) is 1.01. The first-order valence-corrected chi connectivity index (χ1v) is 4.80. The van der Waals surface area contributed by atoms with Gasteiger partial charge in [0.15, 0.2) is 0 Å². The molecule has 1 aromatic rings. The molecule has 0 fully saturated rings. The van der Waals surface area contributed by atoms with Gasteiger partial charge >= 0.3 is 0 Å². The minimum atomic E-state index is -0.395. The van der Waals surface area contributed by atoms with Gasteiger partial charge in [-0.2, -0.15) is 0 Å². The van der Waals surface area contributed by atoms with Crippen molar-refractivity contribution < 1.29 is 4.39 Å². The maximum atomic E-state index is 13.0. The SMILES string of the molecule is CC(C)=CCNc1cccc(F)c1Cl. The third kappa shape index (κ3) is 3.04. The smallest absolute Gasteiger partial charge is 0.143 e. The Bertz CT molecular complexity index is 343. The molecule has 0 aromatic heterocycles. The molecule has 0 amide bonds. The summed E-state index contributed by atoms with van der Waals surface area (Å²) in [7, 11) is 0. The summed E-state index contributed by atoms with van der Waals surface area (Å²) in [6.45, 7) is 4.68. The molecule has 0 aliphatic rings. The van der Waals surface area contributed by atoms with Crippen LogP contribution in [0.1, 0.15) is 13.8 Å². The number of rotatable bonds is 3. The lowest BCUT2D eigenvalue weighted by Crippen LogP contribution is -2.00. The molecule has 1 N–H and O–H groups in total. The average Bonchev–Trinajstić information content (AvgIpc) is 2.12. The van der Waals surface area contributed by atoms with Crippen molar-refractivity contribution in [3.05, 3.63) is 40.7 Å². The molecule has 0 bridgehead atoms. The molecule has 3 heteroatoms. The Morgan fingerprint density at radius 2 is 2.21 bits per heavy atom. The molecule has 1 aromatic carbocycles. The lowest BCUT2D eigenvalue weighted by atomic mass is 10.3. The van der Waals surface area contributed by atoms with Gasteiger partial charge in [0.1, 0.15) is 5.82 Å². The van der Waals surface area contributed by atoms with Crippen molar-refractivity contribution in [2.45, 2.75) is 13.8 Å². The van der Waals surface area contributed by atoms with Crippen LogP contribution >= 0.6 is 11.6 Å². The molecule has 0 saturated heterocycles. The highest BCUT2D eigenvalue weighted by Crippen LogP contribution is 2.24. The van der Waals surface area contributed by atoms with Crippen LogP contribution in [0.2, 0.25) is 5.02 Å². The van der Waals surface area contributed by atoms with Crippen molar-refractivity contribution >= 4 is 17.3 Å². The van der Waals surface area contributed by atoms with Crippen molar-refractivity contribution in [1.82, 2.24) is 0 Å². The molecule has 0 atom stereocenters. The Morgan fingerprint density at radius 1 is 1.50 bits per heavy atom. The summed E-state index contributed by atoms with van der Waals surface area (Å²) >= 11 is 5.75. The van der Waals surface area contributed by atoms with Crippen LogP contribution in [0.25, 0.3) is 0 Å². The van der Waals surface area contributed by atoms with Gasteiger partial charge in [-0.3, -0.25) is 0 Å². The van der Waals surface area contributed by atoms with E-state index in [9.17, 15) is 4.39 Å². The molecule has 0 aliphatic carbocycles. The van der Waals surface area contributed by atoms with Crippen LogP contribution < -0.4 is 5.32 Å². The van der Waals surface area contributed by atoms with Crippen molar-refractivity contribution in [2.24, 2.45) is 0 Å². The van der Waals surface area contributed by atoms with E-state index in [1.54, 1.807) is 12.1 Å². The van der Waals surface area contributed by atoms with Crippen molar-refractivity contribution in [1.29, 1.82) is 0 Å². The molecular weight excluding hydrogens is 201 g/mol.